The molecule has 426 valence electrons. The van der Waals surface area contributed by atoms with Crippen LogP contribution in [-0.2, 0) is 66.8 Å². The first-order valence-electron chi connectivity index (χ1n) is 27.3. The lowest BCUT2D eigenvalue weighted by atomic mass is 9.95. The molecule has 2 saturated heterocycles. The van der Waals surface area contributed by atoms with Crippen LogP contribution in [0.1, 0.15) is 118 Å². The van der Waals surface area contributed by atoms with Gasteiger partial charge in [-0.3, -0.25) is 42.6 Å². The molecule has 12 atom stereocenters. The number of carboxylic acid groups (broad SMARTS) is 1. The summed E-state index contributed by atoms with van der Waals surface area (Å²) in [6.07, 6.45) is 4.31. The van der Waals surface area contributed by atoms with E-state index >= 15 is 0 Å². The number of carboxylic acids is 1. The van der Waals surface area contributed by atoms with Crippen LogP contribution in [0.4, 0.5) is 0 Å². The lowest BCUT2D eigenvalue weighted by molar-refractivity contribution is -0.149. The lowest BCUT2D eigenvalue weighted by Gasteiger charge is -2.35. The number of hydrogen-bond acceptors (Lipinski definition) is 11. The van der Waals surface area contributed by atoms with Gasteiger partial charge in [-0.2, -0.15) is 0 Å². The largest absolute Gasteiger partial charge is 0.480 e. The van der Waals surface area contributed by atoms with Crippen LogP contribution in [-0.4, -0.2) is 152 Å². The van der Waals surface area contributed by atoms with Gasteiger partial charge >= 0.3 is 5.97 Å². The van der Waals surface area contributed by atoms with Crippen LogP contribution in [0.15, 0.2) is 60.7 Å². The normalized spacial score (nSPS) is 19.3. The van der Waals surface area contributed by atoms with Gasteiger partial charge in [0.1, 0.15) is 48.3 Å². The summed E-state index contributed by atoms with van der Waals surface area (Å²) in [5.74, 6) is -7.12. The molecule has 2 heterocycles. The van der Waals surface area contributed by atoms with E-state index in [0.717, 1.165) is 0 Å². The molecule has 0 saturated carbocycles. The first-order chi connectivity index (χ1) is 36.5. The number of aliphatic carboxylic acids is 1. The first kappa shape index (κ1) is 63.3. The van der Waals surface area contributed by atoms with Gasteiger partial charge in [0, 0.05) is 48.7 Å². The third-order valence-corrected chi connectivity index (χ3v) is 15.5. The van der Waals surface area contributed by atoms with E-state index in [1.54, 1.807) is 81.4 Å². The smallest absolute Gasteiger partial charge is 0.326 e. The highest BCUT2D eigenvalue weighted by Crippen LogP contribution is 2.27. The lowest BCUT2D eigenvalue weighted by Crippen LogP contribution is -2.61. The number of nitrogens with one attached hydrogen (secondary N) is 6. The summed E-state index contributed by atoms with van der Waals surface area (Å²) in [6.45, 7) is 14.8. The maximum Gasteiger partial charge on any atom is 0.326 e. The Bertz CT molecular complexity index is 2360. The van der Waals surface area contributed by atoms with Crippen molar-refractivity contribution in [3.05, 3.63) is 71.8 Å². The van der Waals surface area contributed by atoms with Crippen molar-refractivity contribution >= 4 is 64.0 Å². The quantitative estimate of drug-likeness (QED) is 0.0583. The molecule has 0 radical (unpaired) electrons. The maximum atomic E-state index is 14.8. The van der Waals surface area contributed by atoms with Crippen molar-refractivity contribution in [1.82, 2.24) is 41.7 Å². The summed E-state index contributed by atoms with van der Waals surface area (Å²) in [6, 6.07) is 7.89. The summed E-state index contributed by atoms with van der Waals surface area (Å²) in [7, 11) is -1.30. The van der Waals surface area contributed by atoms with E-state index in [0.29, 0.717) is 43.2 Å². The summed E-state index contributed by atoms with van der Waals surface area (Å²) >= 11 is 0. The number of carbonyl (C=O) groups excluding carboxylic acids is 8. The molecule has 2 aromatic carbocycles. The van der Waals surface area contributed by atoms with Crippen LogP contribution in [0.25, 0.3) is 0 Å². The van der Waals surface area contributed by atoms with Crippen molar-refractivity contribution in [3.8, 4) is 0 Å². The average Bonchev–Trinajstić information content (AvgIpc) is 4.11. The van der Waals surface area contributed by atoms with Gasteiger partial charge < -0.3 is 52.5 Å². The Morgan fingerprint density at radius 3 is 1.60 bits per heavy atom. The summed E-state index contributed by atoms with van der Waals surface area (Å²) in [4.78, 5) is 129. The number of benzene rings is 2. The van der Waals surface area contributed by atoms with Crippen molar-refractivity contribution in [2.75, 3.05) is 25.1 Å². The molecule has 2 aliphatic heterocycles. The molecule has 4 rings (SSSR count). The Hall–Kier alpha value is -6.22. The number of carbonyl (C=O) groups is 9. The van der Waals surface area contributed by atoms with Gasteiger partial charge in [0.05, 0.1) is 6.04 Å². The minimum Gasteiger partial charge on any atom is -0.480 e. The Labute approximate surface area is 456 Å². The number of amides is 8. The number of nitrogens with two attached hydrogens (primary N) is 1. The molecule has 20 nitrogen and oxygen atoms in total. The number of likely N-dealkylation sites (tertiary alicyclic amines) is 2. The maximum absolute atomic E-state index is 14.8. The Morgan fingerprint density at radius 2 is 1.08 bits per heavy atom. The van der Waals surface area contributed by atoms with E-state index in [2.05, 4.69) is 31.9 Å². The molecular weight excluding hydrogens is 1010 g/mol. The summed E-state index contributed by atoms with van der Waals surface area (Å²) < 4.78 is 12.1. The van der Waals surface area contributed by atoms with Crippen LogP contribution in [0.3, 0.4) is 0 Å². The van der Waals surface area contributed by atoms with Crippen molar-refractivity contribution in [1.29, 1.82) is 0 Å². The monoisotopic (exact) mass is 1090 g/mol. The van der Waals surface area contributed by atoms with Gasteiger partial charge in [0.2, 0.25) is 47.3 Å². The fraction of sp³-hybridized carbons (Fsp3) is 0.625. The van der Waals surface area contributed by atoms with E-state index in [1.165, 1.54) is 16.1 Å². The minimum atomic E-state index is -1.30. The molecule has 2 aliphatic rings. The van der Waals surface area contributed by atoms with Crippen LogP contribution in [0, 0.1) is 23.7 Å². The van der Waals surface area contributed by atoms with Crippen molar-refractivity contribution in [2.24, 2.45) is 29.4 Å². The fourth-order valence-corrected chi connectivity index (χ4v) is 10.2. The van der Waals surface area contributed by atoms with E-state index in [-0.39, 0.29) is 62.8 Å². The van der Waals surface area contributed by atoms with Crippen molar-refractivity contribution in [2.45, 2.75) is 174 Å². The second-order valence-electron chi connectivity index (χ2n) is 21.6. The van der Waals surface area contributed by atoms with Gasteiger partial charge in [-0.15, -0.1) is 0 Å². The van der Waals surface area contributed by atoms with Gasteiger partial charge in [-0.25, -0.2) is 4.79 Å². The molecule has 2 aromatic rings. The molecule has 0 aliphatic carbocycles. The van der Waals surface area contributed by atoms with Crippen LogP contribution in [0.5, 0.6) is 0 Å². The standard InChI is InChI=1S/C56H85N9O11S/c1-10-35(7)45(57)53(71)58-39(26-29-77(9)76)48(66)59-40(30-33(3)4)50(68)63-47(36(8)11-2)55(73)65-28-19-25-44(65)54(72)64-27-18-24-43(64)52(70)61-41(31-37-20-14-12-15-21-37)49(67)60-42(32-38-22-16-13-17-23-38)51(69)62-46(34(5)6)56(74)75/h12-17,20-23,33-36,39-47H,10-11,18-19,24-32,57H2,1-9H3,(H,58,71)(H,59,66)(H,60,67)(H,61,70)(H,62,69)(H,63,68)(H,74,75)/t35-,36-,39-,40-,41-,42-,43-,44-,45-,46-,47-,77?/m0/s1. The van der Waals surface area contributed by atoms with Crippen LogP contribution in [0.2, 0.25) is 0 Å². The predicted molar refractivity (Wildman–Crippen MR) is 294 cm³/mol. The first-order valence-corrected chi connectivity index (χ1v) is 29.0. The zero-order chi connectivity index (χ0) is 57.1. The van der Waals surface area contributed by atoms with E-state index in [1.807, 2.05) is 34.6 Å². The van der Waals surface area contributed by atoms with E-state index in [4.69, 9.17) is 5.73 Å². The highest BCUT2D eigenvalue weighted by Gasteiger charge is 2.45. The third kappa shape index (κ3) is 18.7. The molecule has 0 spiro atoms. The highest BCUT2D eigenvalue weighted by molar-refractivity contribution is 7.84. The molecule has 8 amide bonds. The molecule has 1 unspecified atom stereocenters. The molecule has 21 heteroatoms. The topological polar surface area (TPSA) is 296 Å². The predicted octanol–water partition coefficient (Wildman–Crippen LogP) is 2.34. The van der Waals surface area contributed by atoms with Crippen LogP contribution >= 0.6 is 0 Å². The second kappa shape index (κ2) is 30.6. The second-order valence-corrected chi connectivity index (χ2v) is 23.1. The third-order valence-electron chi connectivity index (χ3n) is 14.7. The van der Waals surface area contributed by atoms with Gasteiger partial charge in [-0.1, -0.05) is 129 Å². The molecular formula is C56H85N9O11S. The van der Waals surface area contributed by atoms with E-state index < -0.39 is 130 Å². The van der Waals surface area contributed by atoms with E-state index in [9.17, 15) is 52.5 Å². The van der Waals surface area contributed by atoms with Crippen LogP contribution < -0.4 is 37.6 Å². The molecule has 77 heavy (non-hydrogen) atoms. The van der Waals surface area contributed by atoms with Gasteiger partial charge in [0.15, 0.2) is 0 Å². The SMILES string of the molecule is CC[C@H](C)[C@H](N)C(=O)N[C@@H](CCS(C)=O)C(=O)N[C@@H](CC(C)C)C(=O)N[C@H](C(=O)N1CCC[C@H]1C(=O)N1CCC[C@H]1C(=O)N[C@@H](Cc1ccccc1)C(=O)N[C@@H](Cc1ccccc1)C(=O)N[C@H](C(=O)O)C(C)C)[C@@H](C)CC. The van der Waals surface area contributed by atoms with Gasteiger partial charge in [-0.05, 0) is 73.3 Å². The Morgan fingerprint density at radius 1 is 0.610 bits per heavy atom. The Balaban J connectivity index is 1.55. The zero-order valence-electron chi connectivity index (χ0n) is 46.4. The molecule has 0 bridgehead atoms. The highest BCUT2D eigenvalue weighted by atomic mass is 32.2. The summed E-state index contributed by atoms with van der Waals surface area (Å²) in [5.41, 5.74) is 7.58. The zero-order valence-corrected chi connectivity index (χ0v) is 47.2. The van der Waals surface area contributed by atoms with Crippen molar-refractivity contribution in [3.63, 3.8) is 0 Å². The fourth-order valence-electron chi connectivity index (χ4n) is 9.63. The van der Waals surface area contributed by atoms with Gasteiger partial charge in [0.25, 0.3) is 0 Å². The van der Waals surface area contributed by atoms with Crippen molar-refractivity contribution < 1.29 is 52.5 Å². The molecule has 9 N–H and O–H groups in total. The minimum absolute atomic E-state index is 0.0169. The Kier molecular flexibility index (Phi) is 25.2. The molecule has 0 aromatic heterocycles. The molecule has 2 fully saturated rings. The number of hydrogen-bond donors (Lipinski definition) is 8. The number of rotatable bonds is 29. The number of nitrogens with zero attached hydrogens (tertiary/aromatic N) is 2. The summed E-state index contributed by atoms with van der Waals surface area (Å²) in [5, 5.41) is 26.5. The average molecular weight is 1090 g/mol.